The fraction of sp³-hybridized carbons (Fsp3) is 0.200. The Kier molecular flexibility index (Phi) is 6.58. The van der Waals surface area contributed by atoms with Crippen molar-refractivity contribution >= 4 is 29.9 Å². The highest BCUT2D eigenvalue weighted by molar-refractivity contribution is 6.31. The van der Waals surface area contributed by atoms with Crippen molar-refractivity contribution in [3.8, 4) is 0 Å². The zero-order chi connectivity index (χ0) is 21.7. The molecule has 2 aromatic carbocycles. The van der Waals surface area contributed by atoms with E-state index in [9.17, 15) is 9.59 Å². The molecule has 2 N–H and O–H groups in total. The maximum absolute atomic E-state index is 13.2. The maximum atomic E-state index is 13.2. The minimum Gasteiger partial charge on any atom is -0.379 e. The summed E-state index contributed by atoms with van der Waals surface area (Å²) < 4.78 is 0. The number of aldehydes is 1. The summed E-state index contributed by atoms with van der Waals surface area (Å²) in [5.41, 5.74) is 4.50. The van der Waals surface area contributed by atoms with Gasteiger partial charge in [0.2, 0.25) is 0 Å². The van der Waals surface area contributed by atoms with Gasteiger partial charge in [0, 0.05) is 17.1 Å². The first-order valence-electron chi connectivity index (χ1n) is 9.77. The third-order valence-electron chi connectivity index (χ3n) is 5.28. The number of aryl methyl sites for hydroxylation is 1. The summed E-state index contributed by atoms with van der Waals surface area (Å²) in [7, 11) is 0. The third-order valence-corrected chi connectivity index (χ3v) is 5.41. The van der Waals surface area contributed by atoms with E-state index in [2.05, 4.69) is 29.9 Å². The fourth-order valence-corrected chi connectivity index (χ4v) is 3.57. The van der Waals surface area contributed by atoms with Crippen molar-refractivity contribution in [2.75, 3.05) is 0 Å². The lowest BCUT2D eigenvalue weighted by atomic mass is 9.93. The van der Waals surface area contributed by atoms with Gasteiger partial charge in [-0.1, -0.05) is 67.2 Å². The summed E-state index contributed by atoms with van der Waals surface area (Å²) >= 11 is 5.92. The van der Waals surface area contributed by atoms with Gasteiger partial charge < -0.3 is 10.6 Å². The van der Waals surface area contributed by atoms with E-state index in [0.29, 0.717) is 23.4 Å². The second-order valence-corrected chi connectivity index (χ2v) is 7.99. The Bertz CT molecular complexity index is 1040. The molecular formula is C25H25ClN2O2. The zero-order valence-electron chi connectivity index (χ0n) is 17.0. The normalized spacial score (nSPS) is 14.2. The number of benzene rings is 2. The zero-order valence-corrected chi connectivity index (χ0v) is 17.8. The van der Waals surface area contributed by atoms with E-state index in [0.717, 1.165) is 35.1 Å². The molecule has 1 aliphatic rings. The average molecular weight is 421 g/mol. The lowest BCUT2D eigenvalue weighted by molar-refractivity contribution is -0.105. The first kappa shape index (κ1) is 21.6. The molecule has 0 atom stereocenters. The van der Waals surface area contributed by atoms with Gasteiger partial charge in [-0.15, -0.1) is 0 Å². The van der Waals surface area contributed by atoms with Crippen molar-refractivity contribution in [3.63, 3.8) is 0 Å². The highest BCUT2D eigenvalue weighted by atomic mass is 35.5. The number of allylic oxidation sites excluding steroid dienone is 3. The summed E-state index contributed by atoms with van der Waals surface area (Å²) in [6.45, 7) is 9.73. The van der Waals surface area contributed by atoms with Crippen molar-refractivity contribution in [2.24, 2.45) is 0 Å². The van der Waals surface area contributed by atoms with Crippen LogP contribution in [-0.2, 0) is 16.9 Å². The molecule has 0 heterocycles. The van der Waals surface area contributed by atoms with Gasteiger partial charge in [-0.25, -0.2) is 0 Å². The van der Waals surface area contributed by atoms with Gasteiger partial charge in [-0.2, -0.15) is 0 Å². The van der Waals surface area contributed by atoms with Gasteiger partial charge in [-0.05, 0) is 54.2 Å². The second-order valence-electron chi connectivity index (χ2n) is 7.51. The molecular weight excluding hydrogens is 396 g/mol. The predicted molar refractivity (Wildman–Crippen MR) is 122 cm³/mol. The molecule has 154 valence electrons. The van der Waals surface area contributed by atoms with Gasteiger partial charge >= 0.3 is 0 Å². The second kappa shape index (κ2) is 9.14. The number of carbonyl (C=O) groups is 2. The summed E-state index contributed by atoms with van der Waals surface area (Å²) in [5, 5.41) is 6.63. The Morgan fingerprint density at radius 3 is 2.57 bits per heavy atom. The molecule has 30 heavy (non-hydrogen) atoms. The number of rotatable bonds is 9. The molecule has 1 aliphatic carbocycles. The summed E-state index contributed by atoms with van der Waals surface area (Å²) in [6.07, 6.45) is 6.12. The number of hydrogen-bond donors (Lipinski definition) is 2. The molecule has 0 bridgehead atoms. The van der Waals surface area contributed by atoms with Crippen molar-refractivity contribution in [1.29, 1.82) is 0 Å². The van der Waals surface area contributed by atoms with Crippen LogP contribution in [0.5, 0.6) is 0 Å². The van der Waals surface area contributed by atoms with Crippen molar-refractivity contribution in [1.82, 2.24) is 10.6 Å². The third kappa shape index (κ3) is 4.89. The van der Waals surface area contributed by atoms with Crippen molar-refractivity contribution < 1.29 is 9.59 Å². The first-order chi connectivity index (χ1) is 14.4. The van der Waals surface area contributed by atoms with Crippen LogP contribution in [0.1, 0.15) is 45.5 Å². The number of amides is 1. The summed E-state index contributed by atoms with van der Waals surface area (Å²) in [6, 6.07) is 13.5. The number of nitrogens with one attached hydrogen (secondary N) is 2. The molecule has 1 saturated carbocycles. The fourth-order valence-electron chi connectivity index (χ4n) is 3.51. The molecule has 4 nitrogen and oxygen atoms in total. The van der Waals surface area contributed by atoms with Crippen LogP contribution >= 0.6 is 11.6 Å². The van der Waals surface area contributed by atoms with Crippen molar-refractivity contribution in [3.05, 3.63) is 100 Å². The molecule has 0 aliphatic heterocycles. The van der Waals surface area contributed by atoms with Crippen LogP contribution in [0.15, 0.2) is 72.4 Å². The minimum atomic E-state index is -0.399. The van der Waals surface area contributed by atoms with E-state index in [1.165, 1.54) is 0 Å². The topological polar surface area (TPSA) is 58.2 Å². The monoisotopic (exact) mass is 420 g/mol. The highest BCUT2D eigenvalue weighted by Gasteiger charge is 2.47. The van der Waals surface area contributed by atoms with Crippen LogP contribution in [-0.4, -0.2) is 12.2 Å². The molecule has 5 heteroatoms. The van der Waals surface area contributed by atoms with Gasteiger partial charge in [0.15, 0.2) is 6.29 Å². The van der Waals surface area contributed by atoms with E-state index >= 15 is 0 Å². The standard InChI is InChI=1S/C25H25ClN2O2/c1-17-7-6-10-23(21(17)12-11-18(2)26)25(13-14-25)28-24(30)22-9-5-4-8-20(22)15-27-19(3)16-29/h4-12,16,27H,2-3,13-15H2,1H3,(H,28,30)/b12-11-. The van der Waals surface area contributed by atoms with Gasteiger partial charge in [0.1, 0.15) is 0 Å². The van der Waals surface area contributed by atoms with E-state index in [1.54, 1.807) is 12.1 Å². The smallest absolute Gasteiger partial charge is 0.252 e. The first-order valence-corrected chi connectivity index (χ1v) is 10.1. The van der Waals surface area contributed by atoms with Crippen LogP contribution in [0, 0.1) is 6.92 Å². The molecule has 1 amide bonds. The van der Waals surface area contributed by atoms with E-state index in [4.69, 9.17) is 11.6 Å². The molecule has 3 rings (SSSR count). The van der Waals surface area contributed by atoms with Crippen LogP contribution in [0.3, 0.4) is 0 Å². The van der Waals surface area contributed by atoms with Gasteiger partial charge in [0.05, 0.1) is 11.2 Å². The molecule has 1 fully saturated rings. The molecule has 0 saturated heterocycles. The Balaban J connectivity index is 1.87. The van der Waals surface area contributed by atoms with Crippen molar-refractivity contribution in [2.45, 2.75) is 31.8 Å². The molecule has 0 aromatic heterocycles. The Morgan fingerprint density at radius 1 is 1.17 bits per heavy atom. The highest BCUT2D eigenvalue weighted by Crippen LogP contribution is 2.48. The molecule has 0 unspecified atom stereocenters. The van der Waals surface area contributed by atoms with Crippen LogP contribution in [0.2, 0.25) is 0 Å². The Labute approximate surface area is 182 Å². The molecule has 0 radical (unpaired) electrons. The summed E-state index contributed by atoms with van der Waals surface area (Å²) in [5.74, 6) is -0.139. The van der Waals surface area contributed by atoms with E-state index in [1.807, 2.05) is 43.3 Å². The number of halogens is 1. The quantitative estimate of drug-likeness (QED) is 0.341. The lowest BCUT2D eigenvalue weighted by Gasteiger charge is -2.22. The van der Waals surface area contributed by atoms with Gasteiger partial charge in [0.25, 0.3) is 5.91 Å². The Hall–Kier alpha value is -3.11. The average Bonchev–Trinajstić information content (AvgIpc) is 3.51. The number of carbonyl (C=O) groups excluding carboxylic acids is 2. The lowest BCUT2D eigenvalue weighted by Crippen LogP contribution is -2.36. The largest absolute Gasteiger partial charge is 0.379 e. The van der Waals surface area contributed by atoms with Crippen LogP contribution in [0.25, 0.3) is 6.08 Å². The van der Waals surface area contributed by atoms with E-state index in [-0.39, 0.29) is 11.6 Å². The van der Waals surface area contributed by atoms with Gasteiger partial charge in [-0.3, -0.25) is 9.59 Å². The Morgan fingerprint density at radius 2 is 1.90 bits per heavy atom. The SMILES string of the molecule is C=C(Cl)/C=C\c1c(C)cccc1C1(NC(=O)c2ccccc2CNC(=C)C=O)CC1. The number of hydrogen-bond acceptors (Lipinski definition) is 3. The minimum absolute atomic E-state index is 0.139. The van der Waals surface area contributed by atoms with Crippen LogP contribution < -0.4 is 10.6 Å². The summed E-state index contributed by atoms with van der Waals surface area (Å²) in [4.78, 5) is 24.0. The molecule has 2 aromatic rings. The van der Waals surface area contributed by atoms with E-state index < -0.39 is 5.54 Å². The predicted octanol–water partition coefficient (Wildman–Crippen LogP) is 4.98. The molecule has 0 spiro atoms. The van der Waals surface area contributed by atoms with Crippen LogP contribution in [0.4, 0.5) is 0 Å². The maximum Gasteiger partial charge on any atom is 0.252 e.